The van der Waals surface area contributed by atoms with Crippen molar-refractivity contribution in [1.29, 1.82) is 0 Å². The summed E-state index contributed by atoms with van der Waals surface area (Å²) in [6, 6.07) is 7.74. The number of carbonyl (C=O) groups excluding carboxylic acids is 1. The van der Waals surface area contributed by atoms with Gasteiger partial charge in [0.25, 0.3) is 5.91 Å². The first-order valence-electron chi connectivity index (χ1n) is 12.3. The van der Waals surface area contributed by atoms with Crippen LogP contribution in [0.4, 0.5) is 0 Å². The van der Waals surface area contributed by atoms with E-state index in [1.807, 2.05) is 35.9 Å². The van der Waals surface area contributed by atoms with E-state index in [1.165, 1.54) is 0 Å². The quantitative estimate of drug-likeness (QED) is 0.423. The van der Waals surface area contributed by atoms with Crippen LogP contribution in [0.25, 0.3) is 11.3 Å². The maximum absolute atomic E-state index is 13.0. The normalized spacial score (nSPS) is 15.5. The fourth-order valence-corrected chi connectivity index (χ4v) is 4.86. The Hall–Kier alpha value is -3.76. The molecule has 0 bridgehead atoms. The van der Waals surface area contributed by atoms with Gasteiger partial charge in [0.2, 0.25) is 0 Å². The van der Waals surface area contributed by atoms with Gasteiger partial charge < -0.3 is 19.0 Å². The Morgan fingerprint density at radius 3 is 2.86 bits per heavy atom. The van der Waals surface area contributed by atoms with E-state index in [-0.39, 0.29) is 12.5 Å². The fraction of sp³-hybridized carbons (Fsp3) is 0.385. The highest BCUT2D eigenvalue weighted by atomic mass is 16.5. The summed E-state index contributed by atoms with van der Waals surface area (Å²) in [7, 11) is 0. The Kier molecular flexibility index (Phi) is 6.12. The first-order chi connectivity index (χ1) is 17.6. The summed E-state index contributed by atoms with van der Waals surface area (Å²) in [5.74, 6) is 1.64. The molecule has 0 spiro atoms. The zero-order chi connectivity index (χ0) is 24.5. The van der Waals surface area contributed by atoms with Gasteiger partial charge in [-0.25, -0.2) is 0 Å². The number of nitrogens with one attached hydrogen (secondary N) is 1. The van der Waals surface area contributed by atoms with Gasteiger partial charge in [-0.3, -0.25) is 19.4 Å². The zero-order valence-corrected chi connectivity index (χ0v) is 20.2. The van der Waals surface area contributed by atoms with Gasteiger partial charge in [0, 0.05) is 49.1 Å². The predicted molar refractivity (Wildman–Crippen MR) is 129 cm³/mol. The Bertz CT molecular complexity index is 1370. The molecule has 6 rings (SSSR count). The number of amides is 1. The molecule has 10 nitrogen and oxygen atoms in total. The number of ether oxygens (including phenoxy) is 1. The van der Waals surface area contributed by atoms with Crippen LogP contribution in [0.5, 0.6) is 0 Å². The summed E-state index contributed by atoms with van der Waals surface area (Å²) < 4.78 is 18.8. The molecule has 0 saturated carbocycles. The summed E-state index contributed by atoms with van der Waals surface area (Å²) in [5, 5.41) is 11.8. The first-order valence-corrected chi connectivity index (χ1v) is 12.3. The van der Waals surface area contributed by atoms with E-state index in [1.54, 1.807) is 6.20 Å². The molecule has 0 unspecified atom stereocenters. The highest BCUT2D eigenvalue weighted by molar-refractivity contribution is 5.95. The fourth-order valence-electron chi connectivity index (χ4n) is 4.86. The summed E-state index contributed by atoms with van der Waals surface area (Å²) in [5.41, 5.74) is 5.40. The van der Waals surface area contributed by atoms with E-state index in [0.717, 1.165) is 78.7 Å². The van der Waals surface area contributed by atoms with Gasteiger partial charge in [-0.2, -0.15) is 5.10 Å². The Morgan fingerprint density at radius 1 is 1.14 bits per heavy atom. The van der Waals surface area contributed by atoms with Crippen molar-refractivity contribution in [2.45, 2.75) is 39.4 Å². The molecule has 1 N–H and O–H groups in total. The standard InChI is InChI=1S/C26H28N6O4/c1-17-23-22(6-5-18-14-32(29-24(18)23)15-19-4-2-3-7-27-19)35-25(17)26(33)28-13-20-12-21(36-30-20)16-31-8-10-34-11-9-31/h2-4,7,12,14H,5-6,8-11,13,15-16H2,1H3,(H,28,33). The van der Waals surface area contributed by atoms with Crippen LogP contribution >= 0.6 is 0 Å². The molecule has 0 radical (unpaired) electrons. The molecule has 0 atom stereocenters. The number of aryl methyl sites for hydroxylation is 2. The van der Waals surface area contributed by atoms with Crippen molar-refractivity contribution in [2.24, 2.45) is 0 Å². The number of aromatic nitrogens is 4. The van der Waals surface area contributed by atoms with Gasteiger partial charge in [0.1, 0.15) is 11.5 Å². The van der Waals surface area contributed by atoms with Crippen LogP contribution in [0.1, 0.15) is 44.6 Å². The van der Waals surface area contributed by atoms with Gasteiger partial charge >= 0.3 is 0 Å². The van der Waals surface area contributed by atoms with Crippen molar-refractivity contribution in [3.05, 3.63) is 76.5 Å². The number of hydrogen-bond acceptors (Lipinski definition) is 8. The minimum absolute atomic E-state index is 0.264. The maximum atomic E-state index is 13.0. The molecule has 4 aromatic heterocycles. The van der Waals surface area contributed by atoms with Crippen molar-refractivity contribution >= 4 is 5.91 Å². The van der Waals surface area contributed by atoms with Gasteiger partial charge in [0.05, 0.1) is 44.2 Å². The summed E-state index contributed by atoms with van der Waals surface area (Å²) >= 11 is 0. The second-order valence-corrected chi connectivity index (χ2v) is 9.23. The smallest absolute Gasteiger partial charge is 0.287 e. The summed E-state index contributed by atoms with van der Waals surface area (Å²) in [6.07, 6.45) is 5.41. The van der Waals surface area contributed by atoms with Gasteiger partial charge in [-0.15, -0.1) is 0 Å². The van der Waals surface area contributed by atoms with Crippen molar-refractivity contribution in [3.63, 3.8) is 0 Å². The molecule has 5 heterocycles. The van der Waals surface area contributed by atoms with E-state index < -0.39 is 0 Å². The van der Waals surface area contributed by atoms with Gasteiger partial charge in [0.15, 0.2) is 11.5 Å². The third kappa shape index (κ3) is 4.57. The number of morpholine rings is 1. The minimum atomic E-state index is -0.269. The number of furan rings is 1. The van der Waals surface area contributed by atoms with Gasteiger partial charge in [-0.1, -0.05) is 11.2 Å². The summed E-state index contributed by atoms with van der Waals surface area (Å²) in [4.78, 5) is 19.7. The molecule has 186 valence electrons. The van der Waals surface area contributed by atoms with Crippen LogP contribution in [-0.2, 0) is 37.2 Å². The monoisotopic (exact) mass is 488 g/mol. The van der Waals surface area contributed by atoms with Crippen LogP contribution < -0.4 is 5.32 Å². The zero-order valence-electron chi connectivity index (χ0n) is 20.2. The second kappa shape index (κ2) is 9.71. The highest BCUT2D eigenvalue weighted by Gasteiger charge is 2.30. The molecule has 0 aromatic carbocycles. The molecular weight excluding hydrogens is 460 g/mol. The van der Waals surface area contributed by atoms with Crippen LogP contribution in [0, 0.1) is 6.92 Å². The highest BCUT2D eigenvalue weighted by Crippen LogP contribution is 2.38. The first kappa shape index (κ1) is 22.7. The molecule has 10 heteroatoms. The second-order valence-electron chi connectivity index (χ2n) is 9.23. The van der Waals surface area contributed by atoms with Crippen LogP contribution in [0.15, 0.2) is 45.6 Å². The van der Waals surface area contributed by atoms with Crippen molar-refractivity contribution in [1.82, 2.24) is 30.1 Å². The van der Waals surface area contributed by atoms with Crippen molar-refractivity contribution < 1.29 is 18.5 Å². The lowest BCUT2D eigenvalue weighted by Gasteiger charge is -2.25. The van der Waals surface area contributed by atoms with E-state index in [0.29, 0.717) is 24.5 Å². The average Bonchev–Trinajstić information content (AvgIpc) is 3.60. The number of carbonyl (C=O) groups is 1. The van der Waals surface area contributed by atoms with Crippen molar-refractivity contribution in [2.75, 3.05) is 26.3 Å². The number of fused-ring (bicyclic) bond motifs is 3. The molecule has 2 aliphatic rings. The number of hydrogen-bond donors (Lipinski definition) is 1. The third-order valence-corrected chi connectivity index (χ3v) is 6.69. The molecule has 4 aromatic rings. The molecule has 1 saturated heterocycles. The maximum Gasteiger partial charge on any atom is 0.287 e. The third-order valence-electron chi connectivity index (χ3n) is 6.69. The molecule has 1 amide bonds. The van der Waals surface area contributed by atoms with E-state index in [9.17, 15) is 4.79 Å². The topological polar surface area (TPSA) is 111 Å². The summed E-state index contributed by atoms with van der Waals surface area (Å²) in [6.45, 7) is 6.67. The van der Waals surface area contributed by atoms with Gasteiger partial charge in [-0.05, 0) is 31.0 Å². The SMILES string of the molecule is Cc1c(C(=O)NCc2cc(CN3CCOCC3)on2)oc2c1-c1nn(Cc3ccccn3)cc1CC2. The largest absolute Gasteiger partial charge is 0.455 e. The van der Waals surface area contributed by atoms with Crippen LogP contribution in [0.3, 0.4) is 0 Å². The Morgan fingerprint density at radius 2 is 2.03 bits per heavy atom. The van der Waals surface area contributed by atoms with Crippen LogP contribution in [0.2, 0.25) is 0 Å². The predicted octanol–water partition coefficient (Wildman–Crippen LogP) is 2.74. The van der Waals surface area contributed by atoms with E-state index in [2.05, 4.69) is 26.6 Å². The van der Waals surface area contributed by atoms with E-state index in [4.69, 9.17) is 18.8 Å². The lowest BCUT2D eigenvalue weighted by molar-refractivity contribution is 0.0305. The molecule has 1 aliphatic carbocycles. The lowest BCUT2D eigenvalue weighted by atomic mass is 9.93. The van der Waals surface area contributed by atoms with E-state index >= 15 is 0 Å². The molecule has 1 aliphatic heterocycles. The number of nitrogens with zero attached hydrogens (tertiary/aromatic N) is 5. The van der Waals surface area contributed by atoms with Crippen molar-refractivity contribution in [3.8, 4) is 11.3 Å². The Balaban J connectivity index is 1.14. The molecular formula is C26H28N6O4. The number of pyridine rings is 1. The Labute approximate surface area is 208 Å². The minimum Gasteiger partial charge on any atom is -0.455 e. The molecule has 36 heavy (non-hydrogen) atoms. The van der Waals surface area contributed by atoms with Crippen LogP contribution in [-0.4, -0.2) is 57.0 Å². The number of rotatable bonds is 7. The lowest BCUT2D eigenvalue weighted by Crippen LogP contribution is -2.35. The molecule has 1 fully saturated rings. The average molecular weight is 489 g/mol.